The Morgan fingerprint density at radius 2 is 1.96 bits per heavy atom. The number of aromatic amines is 1. The molecule has 5 nitrogen and oxygen atoms in total. The number of nitrogens with zero attached hydrogens (tertiary/aromatic N) is 1. The number of carbonyl (C=O) groups excluding carboxylic acids is 1. The van der Waals surface area contributed by atoms with Gasteiger partial charge >= 0.3 is 6.18 Å². The lowest BCUT2D eigenvalue weighted by molar-refractivity contribution is -0.139. The van der Waals surface area contributed by atoms with Crippen LogP contribution < -0.4 is 10.6 Å². The van der Waals surface area contributed by atoms with Gasteiger partial charge < -0.3 is 10.6 Å². The van der Waals surface area contributed by atoms with Crippen molar-refractivity contribution < 1.29 is 22.4 Å². The zero-order chi connectivity index (χ0) is 18.0. The van der Waals surface area contributed by atoms with E-state index >= 15 is 0 Å². The number of alkyl halides is 3. The number of carbonyl (C=O) groups is 1. The number of aromatic nitrogens is 2. The highest BCUT2D eigenvalue weighted by atomic mass is 35.5. The molecule has 1 atom stereocenters. The molecule has 3 rings (SSSR count). The number of rotatable bonds is 4. The number of fused-ring (bicyclic) bond motifs is 1. The Bertz CT molecular complexity index is 761. The van der Waals surface area contributed by atoms with Crippen LogP contribution >= 0.6 is 12.4 Å². The van der Waals surface area contributed by atoms with E-state index in [2.05, 4.69) is 20.8 Å². The van der Waals surface area contributed by atoms with E-state index in [0.29, 0.717) is 18.5 Å². The van der Waals surface area contributed by atoms with Gasteiger partial charge in [0.25, 0.3) is 5.91 Å². The molecule has 0 fully saturated rings. The minimum Gasteiger partial charge on any atom is -0.343 e. The largest absolute Gasteiger partial charge is 0.391 e. The Morgan fingerprint density at radius 3 is 2.62 bits per heavy atom. The Morgan fingerprint density at radius 1 is 1.27 bits per heavy atom. The van der Waals surface area contributed by atoms with Gasteiger partial charge in [-0.05, 0) is 17.7 Å². The molecule has 2 heterocycles. The second kappa shape index (κ2) is 8.05. The molecule has 0 spiro atoms. The third kappa shape index (κ3) is 4.73. The van der Waals surface area contributed by atoms with Crippen molar-refractivity contribution in [1.82, 2.24) is 20.8 Å². The Balaban J connectivity index is 0.00000243. The lowest BCUT2D eigenvalue weighted by Crippen LogP contribution is -2.33. The molecule has 10 heteroatoms. The summed E-state index contributed by atoms with van der Waals surface area (Å²) < 4.78 is 51.7. The minimum atomic E-state index is -4.49. The maximum Gasteiger partial charge on any atom is 0.391 e. The summed E-state index contributed by atoms with van der Waals surface area (Å²) in [6, 6.07) is 3.26. The average molecular weight is 393 g/mol. The van der Waals surface area contributed by atoms with Gasteiger partial charge in [-0.2, -0.15) is 18.3 Å². The predicted octanol–water partition coefficient (Wildman–Crippen LogP) is 3.04. The van der Waals surface area contributed by atoms with Gasteiger partial charge in [0, 0.05) is 30.8 Å². The van der Waals surface area contributed by atoms with Crippen molar-refractivity contribution in [3.05, 3.63) is 52.6 Å². The summed E-state index contributed by atoms with van der Waals surface area (Å²) in [6.45, 7) is 1.16. The molecule has 1 aliphatic heterocycles. The molecule has 0 radical (unpaired) electrons. The third-order valence-corrected chi connectivity index (χ3v) is 4.03. The van der Waals surface area contributed by atoms with Crippen molar-refractivity contribution in [3.63, 3.8) is 0 Å². The van der Waals surface area contributed by atoms with Crippen LogP contribution in [0.15, 0.2) is 24.3 Å². The van der Waals surface area contributed by atoms with Crippen LogP contribution in [0.3, 0.4) is 0 Å². The van der Waals surface area contributed by atoms with Gasteiger partial charge in [0.1, 0.15) is 5.82 Å². The summed E-state index contributed by atoms with van der Waals surface area (Å²) in [5.41, 5.74) is 1.72. The van der Waals surface area contributed by atoms with Crippen LogP contribution in [0.4, 0.5) is 17.6 Å². The topological polar surface area (TPSA) is 69.8 Å². The van der Waals surface area contributed by atoms with Gasteiger partial charge in [-0.25, -0.2) is 4.39 Å². The molecule has 2 aromatic rings. The molecule has 26 heavy (non-hydrogen) atoms. The summed E-state index contributed by atoms with van der Waals surface area (Å²) >= 11 is 0. The Kier molecular flexibility index (Phi) is 6.25. The fourth-order valence-corrected chi connectivity index (χ4v) is 2.82. The smallest absolute Gasteiger partial charge is 0.343 e. The quantitative estimate of drug-likeness (QED) is 0.700. The lowest BCUT2D eigenvalue weighted by atomic mass is 10.0. The van der Waals surface area contributed by atoms with E-state index in [1.165, 1.54) is 12.1 Å². The van der Waals surface area contributed by atoms with Crippen LogP contribution in [-0.2, 0) is 13.0 Å². The molecule has 1 aromatic heterocycles. The molecule has 3 N–H and O–H groups in total. The maximum absolute atomic E-state index is 13.0. The highest BCUT2D eigenvalue weighted by Gasteiger charge is 2.34. The van der Waals surface area contributed by atoms with Gasteiger partial charge in [-0.1, -0.05) is 12.1 Å². The number of amides is 1. The highest BCUT2D eigenvalue weighted by molar-refractivity contribution is 5.94. The van der Waals surface area contributed by atoms with Gasteiger partial charge in [0.15, 0.2) is 5.69 Å². The number of H-pyrrole nitrogens is 1. The van der Waals surface area contributed by atoms with E-state index in [1.54, 1.807) is 0 Å². The highest BCUT2D eigenvalue weighted by Crippen LogP contribution is 2.30. The van der Waals surface area contributed by atoms with Crippen LogP contribution in [0.5, 0.6) is 0 Å². The molecule has 0 aliphatic carbocycles. The van der Waals surface area contributed by atoms with Crippen molar-refractivity contribution in [3.8, 4) is 0 Å². The zero-order valence-corrected chi connectivity index (χ0v) is 14.3. The molecular weight excluding hydrogens is 376 g/mol. The van der Waals surface area contributed by atoms with E-state index < -0.39 is 30.4 Å². The van der Waals surface area contributed by atoms with E-state index in [1.807, 2.05) is 0 Å². The third-order valence-electron chi connectivity index (χ3n) is 4.03. The Hall–Kier alpha value is -2.13. The number of benzene rings is 1. The average Bonchev–Trinajstić information content (AvgIpc) is 2.98. The molecule has 0 bridgehead atoms. The zero-order valence-electron chi connectivity index (χ0n) is 13.5. The SMILES string of the molecule is Cl.O=C(NC(CC(F)(F)F)c1ccc(F)cc1)c1n[nH]c2c1CNCC2. The van der Waals surface area contributed by atoms with E-state index in [4.69, 9.17) is 0 Å². The predicted molar refractivity (Wildman–Crippen MR) is 88.5 cm³/mol. The van der Waals surface area contributed by atoms with Gasteiger partial charge in [-0.15, -0.1) is 12.4 Å². The first-order chi connectivity index (χ1) is 11.8. The molecular formula is C16H17ClF4N4O. The molecule has 0 saturated heterocycles. The molecule has 1 aliphatic rings. The number of hydrogen-bond donors (Lipinski definition) is 3. The number of halogens is 5. The van der Waals surface area contributed by atoms with Crippen LogP contribution in [0.2, 0.25) is 0 Å². The first-order valence-electron chi connectivity index (χ1n) is 7.73. The van der Waals surface area contributed by atoms with E-state index in [-0.39, 0.29) is 23.7 Å². The van der Waals surface area contributed by atoms with Crippen molar-refractivity contribution in [2.24, 2.45) is 0 Å². The lowest BCUT2D eigenvalue weighted by Gasteiger charge is -2.21. The van der Waals surface area contributed by atoms with Crippen LogP contribution in [-0.4, -0.2) is 28.8 Å². The monoisotopic (exact) mass is 392 g/mol. The fourth-order valence-electron chi connectivity index (χ4n) is 2.82. The molecule has 1 unspecified atom stereocenters. The minimum absolute atomic E-state index is 0. The maximum atomic E-state index is 13.0. The summed E-state index contributed by atoms with van der Waals surface area (Å²) in [5.74, 6) is -1.26. The van der Waals surface area contributed by atoms with E-state index in [0.717, 1.165) is 24.4 Å². The molecule has 142 valence electrons. The summed E-state index contributed by atoms with van der Waals surface area (Å²) in [4.78, 5) is 12.5. The first-order valence-corrected chi connectivity index (χ1v) is 7.73. The molecule has 1 aromatic carbocycles. The van der Waals surface area contributed by atoms with Crippen molar-refractivity contribution in [2.75, 3.05) is 6.54 Å². The molecule has 1 amide bonds. The second-order valence-corrected chi connectivity index (χ2v) is 5.85. The second-order valence-electron chi connectivity index (χ2n) is 5.85. The normalized spacial score (nSPS) is 14.9. The van der Waals surface area contributed by atoms with Crippen molar-refractivity contribution >= 4 is 18.3 Å². The summed E-state index contributed by atoms with van der Waals surface area (Å²) in [6.07, 6.45) is -5.08. The van der Waals surface area contributed by atoms with Crippen molar-refractivity contribution in [1.29, 1.82) is 0 Å². The van der Waals surface area contributed by atoms with E-state index in [9.17, 15) is 22.4 Å². The number of hydrogen-bond acceptors (Lipinski definition) is 3. The number of nitrogens with one attached hydrogen (secondary N) is 3. The van der Waals surface area contributed by atoms with Gasteiger partial charge in [0.05, 0.1) is 12.5 Å². The van der Waals surface area contributed by atoms with Crippen LogP contribution in [0.1, 0.15) is 39.8 Å². The summed E-state index contributed by atoms with van der Waals surface area (Å²) in [7, 11) is 0. The standard InChI is InChI=1S/C16H16F4N4O.ClH/c17-10-3-1-9(2-4-10)13(7-16(18,19)20)22-15(25)14-11-8-21-6-5-12(11)23-24-14;/h1-4,13,21H,5-8H2,(H,22,25)(H,23,24);1H. The first kappa shape index (κ1) is 20.2. The molecule has 0 saturated carbocycles. The van der Waals surface area contributed by atoms with Crippen LogP contribution in [0, 0.1) is 5.82 Å². The van der Waals surface area contributed by atoms with Gasteiger partial charge in [-0.3, -0.25) is 9.89 Å². The Labute approximate surface area is 153 Å². The fraction of sp³-hybridized carbons (Fsp3) is 0.375. The van der Waals surface area contributed by atoms with Gasteiger partial charge in [0.2, 0.25) is 0 Å². The van der Waals surface area contributed by atoms with Crippen LogP contribution in [0.25, 0.3) is 0 Å². The summed E-state index contributed by atoms with van der Waals surface area (Å²) in [5, 5.41) is 12.2. The van der Waals surface area contributed by atoms with Crippen molar-refractivity contribution in [2.45, 2.75) is 31.6 Å².